The SMILES string of the molecule is Oc1ccc(C2CCCC(c3ccc(O)cc3O)C2)c(O)c1. The van der Waals surface area contributed by atoms with Crippen molar-refractivity contribution in [2.75, 3.05) is 0 Å². The molecule has 2 aromatic rings. The van der Waals surface area contributed by atoms with Gasteiger partial charge in [-0.05, 0) is 54.4 Å². The third kappa shape index (κ3) is 2.82. The van der Waals surface area contributed by atoms with Crippen LogP contribution >= 0.6 is 0 Å². The molecule has 2 unspecified atom stereocenters. The zero-order chi connectivity index (χ0) is 15.7. The molecule has 1 aliphatic rings. The predicted molar refractivity (Wildman–Crippen MR) is 83.5 cm³/mol. The molecule has 0 aromatic heterocycles. The lowest BCUT2D eigenvalue weighted by molar-refractivity contribution is 0.366. The van der Waals surface area contributed by atoms with Gasteiger partial charge < -0.3 is 20.4 Å². The molecular formula is C18H20O4. The van der Waals surface area contributed by atoms with E-state index < -0.39 is 0 Å². The maximum absolute atomic E-state index is 10.0. The van der Waals surface area contributed by atoms with Gasteiger partial charge in [-0.3, -0.25) is 0 Å². The topological polar surface area (TPSA) is 80.9 Å². The summed E-state index contributed by atoms with van der Waals surface area (Å²) in [6.07, 6.45) is 3.80. The van der Waals surface area contributed by atoms with Crippen LogP contribution in [0.3, 0.4) is 0 Å². The molecule has 4 nitrogen and oxygen atoms in total. The maximum Gasteiger partial charge on any atom is 0.122 e. The fourth-order valence-corrected chi connectivity index (χ4v) is 3.51. The van der Waals surface area contributed by atoms with Crippen molar-refractivity contribution in [1.29, 1.82) is 0 Å². The fraction of sp³-hybridized carbons (Fsp3) is 0.333. The molecule has 0 amide bonds. The van der Waals surface area contributed by atoms with Crippen molar-refractivity contribution in [1.82, 2.24) is 0 Å². The highest BCUT2D eigenvalue weighted by Crippen LogP contribution is 2.46. The van der Waals surface area contributed by atoms with Gasteiger partial charge in [0.2, 0.25) is 0 Å². The Balaban J connectivity index is 1.85. The van der Waals surface area contributed by atoms with E-state index in [1.165, 1.54) is 12.1 Å². The second kappa shape index (κ2) is 5.79. The Morgan fingerprint density at radius 2 is 1.14 bits per heavy atom. The van der Waals surface area contributed by atoms with Crippen molar-refractivity contribution in [3.05, 3.63) is 47.5 Å². The van der Waals surface area contributed by atoms with Gasteiger partial charge in [-0.2, -0.15) is 0 Å². The van der Waals surface area contributed by atoms with E-state index in [0.717, 1.165) is 36.8 Å². The lowest BCUT2D eigenvalue weighted by Gasteiger charge is -2.30. The van der Waals surface area contributed by atoms with Gasteiger partial charge in [0.15, 0.2) is 0 Å². The number of hydrogen-bond donors (Lipinski definition) is 4. The quantitative estimate of drug-likeness (QED) is 0.677. The van der Waals surface area contributed by atoms with Gasteiger partial charge in [0.05, 0.1) is 0 Å². The number of benzene rings is 2. The summed E-state index contributed by atoms with van der Waals surface area (Å²) in [6.45, 7) is 0. The van der Waals surface area contributed by atoms with E-state index >= 15 is 0 Å². The first kappa shape index (κ1) is 14.6. The molecule has 0 aliphatic heterocycles. The molecule has 22 heavy (non-hydrogen) atoms. The van der Waals surface area contributed by atoms with Crippen molar-refractivity contribution in [3.8, 4) is 23.0 Å². The summed E-state index contributed by atoms with van der Waals surface area (Å²) in [7, 11) is 0. The largest absolute Gasteiger partial charge is 0.508 e. The van der Waals surface area contributed by atoms with Crippen molar-refractivity contribution < 1.29 is 20.4 Å². The van der Waals surface area contributed by atoms with Crippen LogP contribution in [0, 0.1) is 0 Å². The normalized spacial score (nSPS) is 21.6. The number of aromatic hydroxyl groups is 4. The predicted octanol–water partition coefficient (Wildman–Crippen LogP) is 3.95. The van der Waals surface area contributed by atoms with Crippen molar-refractivity contribution in [3.63, 3.8) is 0 Å². The van der Waals surface area contributed by atoms with Gasteiger partial charge in [-0.1, -0.05) is 18.6 Å². The van der Waals surface area contributed by atoms with Gasteiger partial charge in [0, 0.05) is 12.1 Å². The van der Waals surface area contributed by atoms with E-state index in [1.807, 2.05) is 0 Å². The van der Waals surface area contributed by atoms with Crippen LogP contribution in [0.1, 0.15) is 48.6 Å². The lowest BCUT2D eigenvalue weighted by Crippen LogP contribution is -2.13. The van der Waals surface area contributed by atoms with E-state index in [2.05, 4.69) is 0 Å². The molecule has 4 N–H and O–H groups in total. The lowest BCUT2D eigenvalue weighted by atomic mass is 9.75. The molecule has 1 saturated carbocycles. The number of hydrogen-bond acceptors (Lipinski definition) is 4. The van der Waals surface area contributed by atoms with E-state index in [1.54, 1.807) is 24.3 Å². The summed E-state index contributed by atoms with van der Waals surface area (Å²) in [4.78, 5) is 0. The fourth-order valence-electron chi connectivity index (χ4n) is 3.51. The highest BCUT2D eigenvalue weighted by atomic mass is 16.3. The molecule has 0 saturated heterocycles. The Morgan fingerprint density at radius 3 is 1.55 bits per heavy atom. The summed E-state index contributed by atoms with van der Waals surface area (Å²) < 4.78 is 0. The first-order valence-electron chi connectivity index (χ1n) is 7.58. The van der Waals surface area contributed by atoms with E-state index in [4.69, 9.17) is 0 Å². The van der Waals surface area contributed by atoms with E-state index in [9.17, 15) is 20.4 Å². The Bertz CT molecular complexity index is 623. The van der Waals surface area contributed by atoms with Crippen molar-refractivity contribution in [2.24, 2.45) is 0 Å². The molecule has 3 rings (SSSR count). The van der Waals surface area contributed by atoms with Gasteiger partial charge in [-0.15, -0.1) is 0 Å². The van der Waals surface area contributed by atoms with Crippen LogP contribution in [0.5, 0.6) is 23.0 Å². The monoisotopic (exact) mass is 300 g/mol. The van der Waals surface area contributed by atoms with Crippen molar-refractivity contribution in [2.45, 2.75) is 37.5 Å². The van der Waals surface area contributed by atoms with Gasteiger partial charge in [0.25, 0.3) is 0 Å². The Hall–Kier alpha value is -2.36. The summed E-state index contributed by atoms with van der Waals surface area (Å²) in [6, 6.07) is 9.48. The molecule has 2 aromatic carbocycles. The zero-order valence-electron chi connectivity index (χ0n) is 12.2. The molecule has 0 spiro atoms. The van der Waals surface area contributed by atoms with E-state index in [-0.39, 0.29) is 34.8 Å². The molecule has 0 bridgehead atoms. The van der Waals surface area contributed by atoms with Crippen LogP contribution in [-0.2, 0) is 0 Å². The van der Waals surface area contributed by atoms with Crippen LogP contribution in [-0.4, -0.2) is 20.4 Å². The first-order valence-corrected chi connectivity index (χ1v) is 7.58. The molecule has 0 radical (unpaired) electrons. The Labute approximate surface area is 129 Å². The highest BCUT2D eigenvalue weighted by Gasteiger charge is 2.27. The third-order valence-corrected chi connectivity index (χ3v) is 4.58. The Morgan fingerprint density at radius 1 is 0.682 bits per heavy atom. The van der Waals surface area contributed by atoms with Gasteiger partial charge in [0.1, 0.15) is 23.0 Å². The van der Waals surface area contributed by atoms with E-state index in [0.29, 0.717) is 0 Å². The molecule has 0 heterocycles. The second-order valence-electron chi connectivity index (χ2n) is 6.05. The van der Waals surface area contributed by atoms with Crippen molar-refractivity contribution >= 4 is 0 Å². The minimum atomic E-state index is 0.0600. The standard InChI is InChI=1S/C18H20O4/c19-13-4-6-15(17(21)9-13)11-2-1-3-12(8-11)16-7-5-14(20)10-18(16)22/h4-7,9-12,19-22H,1-3,8H2. The first-order chi connectivity index (χ1) is 10.5. The number of phenols is 4. The zero-order valence-corrected chi connectivity index (χ0v) is 12.2. The summed E-state index contributed by atoms with van der Waals surface area (Å²) >= 11 is 0. The maximum atomic E-state index is 10.0. The minimum absolute atomic E-state index is 0.0600. The van der Waals surface area contributed by atoms with Crippen LogP contribution in [0.4, 0.5) is 0 Å². The summed E-state index contributed by atoms with van der Waals surface area (Å²) in [5, 5.41) is 38.9. The highest BCUT2D eigenvalue weighted by molar-refractivity contribution is 5.44. The molecular weight excluding hydrogens is 280 g/mol. The van der Waals surface area contributed by atoms with Gasteiger partial charge >= 0.3 is 0 Å². The summed E-state index contributed by atoms with van der Waals surface area (Å²) in [5.74, 6) is 0.774. The van der Waals surface area contributed by atoms with Crippen LogP contribution in [0.15, 0.2) is 36.4 Å². The molecule has 4 heteroatoms. The summed E-state index contributed by atoms with van der Waals surface area (Å²) in [5.41, 5.74) is 1.70. The van der Waals surface area contributed by atoms with Crippen LogP contribution < -0.4 is 0 Å². The smallest absolute Gasteiger partial charge is 0.122 e. The molecule has 2 atom stereocenters. The molecule has 1 fully saturated rings. The number of rotatable bonds is 2. The Kier molecular flexibility index (Phi) is 3.84. The van der Waals surface area contributed by atoms with Crippen LogP contribution in [0.25, 0.3) is 0 Å². The molecule has 116 valence electrons. The molecule has 1 aliphatic carbocycles. The third-order valence-electron chi connectivity index (χ3n) is 4.58. The average molecular weight is 300 g/mol. The second-order valence-corrected chi connectivity index (χ2v) is 6.05. The minimum Gasteiger partial charge on any atom is -0.508 e. The van der Waals surface area contributed by atoms with Gasteiger partial charge in [-0.25, -0.2) is 0 Å². The van der Waals surface area contributed by atoms with Crippen LogP contribution in [0.2, 0.25) is 0 Å². The average Bonchev–Trinajstić information content (AvgIpc) is 2.47. The number of phenolic OH excluding ortho intramolecular Hbond substituents is 4.